The summed E-state index contributed by atoms with van der Waals surface area (Å²) in [4.78, 5) is 39.5. The predicted molar refractivity (Wildman–Crippen MR) is 116 cm³/mol. The second-order valence-corrected chi connectivity index (χ2v) is 9.07. The van der Waals surface area contributed by atoms with Crippen LogP contribution in [0.5, 0.6) is 0 Å². The van der Waals surface area contributed by atoms with Crippen LogP contribution in [0.1, 0.15) is 51.5 Å². The van der Waals surface area contributed by atoms with Gasteiger partial charge in [0.2, 0.25) is 5.91 Å². The van der Waals surface area contributed by atoms with Crippen molar-refractivity contribution in [2.45, 2.75) is 52.0 Å². The van der Waals surface area contributed by atoms with Crippen molar-refractivity contribution in [3.8, 4) is 0 Å². The molecule has 7 heteroatoms. The lowest BCUT2D eigenvalue weighted by Crippen LogP contribution is -2.45. The smallest absolute Gasteiger partial charge is 0.311 e. The van der Waals surface area contributed by atoms with Crippen LogP contribution >= 0.6 is 0 Å². The van der Waals surface area contributed by atoms with Crippen LogP contribution in [0.15, 0.2) is 35.4 Å². The van der Waals surface area contributed by atoms with Crippen molar-refractivity contribution in [1.29, 1.82) is 0 Å². The van der Waals surface area contributed by atoms with Crippen molar-refractivity contribution in [1.82, 2.24) is 9.91 Å². The highest BCUT2D eigenvalue weighted by atomic mass is 16.5. The number of hydrogen-bond acceptors (Lipinski definition) is 5. The Labute approximate surface area is 183 Å². The molecule has 2 heterocycles. The van der Waals surface area contributed by atoms with Gasteiger partial charge in [-0.15, -0.1) is 0 Å². The molecule has 31 heavy (non-hydrogen) atoms. The van der Waals surface area contributed by atoms with Crippen LogP contribution in [-0.4, -0.2) is 59.1 Å². The van der Waals surface area contributed by atoms with E-state index in [0.29, 0.717) is 31.3 Å². The third-order valence-electron chi connectivity index (χ3n) is 7.09. The molecule has 166 valence electrons. The molecule has 1 saturated heterocycles. The molecule has 1 aliphatic carbocycles. The SMILES string of the molecule is C[C@H]1[C@H](N2C[C@H](C(=O)OCC(=O)N3CCC(c4ccccc4)=N3)CC2=O)CCC[C@@H]1C. The summed E-state index contributed by atoms with van der Waals surface area (Å²) in [5.74, 6) is -0.261. The Morgan fingerprint density at radius 3 is 2.71 bits per heavy atom. The first-order chi connectivity index (χ1) is 14.9. The predicted octanol–water partition coefficient (Wildman–Crippen LogP) is 2.84. The molecule has 2 aliphatic heterocycles. The summed E-state index contributed by atoms with van der Waals surface area (Å²) in [6.07, 6.45) is 4.15. The fraction of sp³-hybridized carbons (Fsp3) is 0.583. The van der Waals surface area contributed by atoms with Crippen LogP contribution in [0.25, 0.3) is 0 Å². The summed E-state index contributed by atoms with van der Waals surface area (Å²) in [7, 11) is 0. The number of esters is 1. The fourth-order valence-electron chi connectivity index (χ4n) is 5.00. The normalized spacial score (nSPS) is 28.6. The zero-order valence-corrected chi connectivity index (χ0v) is 18.3. The van der Waals surface area contributed by atoms with Crippen LogP contribution in [0, 0.1) is 17.8 Å². The van der Waals surface area contributed by atoms with E-state index in [1.54, 1.807) is 0 Å². The lowest BCUT2D eigenvalue weighted by atomic mass is 9.77. The number of benzene rings is 1. The molecule has 0 unspecified atom stereocenters. The lowest BCUT2D eigenvalue weighted by molar-refractivity contribution is -0.155. The molecule has 7 nitrogen and oxygen atoms in total. The van der Waals surface area contributed by atoms with Gasteiger partial charge in [0.05, 0.1) is 18.2 Å². The molecule has 1 saturated carbocycles. The van der Waals surface area contributed by atoms with Gasteiger partial charge in [-0.05, 0) is 23.8 Å². The minimum atomic E-state index is -0.494. The van der Waals surface area contributed by atoms with Gasteiger partial charge in [-0.3, -0.25) is 14.4 Å². The summed E-state index contributed by atoms with van der Waals surface area (Å²) in [6, 6.07) is 9.93. The third kappa shape index (κ3) is 4.65. The van der Waals surface area contributed by atoms with Gasteiger partial charge in [-0.2, -0.15) is 5.10 Å². The first-order valence-corrected chi connectivity index (χ1v) is 11.3. The van der Waals surface area contributed by atoms with Crippen molar-refractivity contribution in [3.63, 3.8) is 0 Å². The van der Waals surface area contributed by atoms with E-state index in [2.05, 4.69) is 18.9 Å². The molecule has 4 rings (SSSR count). The largest absolute Gasteiger partial charge is 0.455 e. The average Bonchev–Trinajstić information content (AvgIpc) is 3.42. The number of hydrazone groups is 1. The zero-order chi connectivity index (χ0) is 22.0. The number of hydrogen-bond donors (Lipinski definition) is 0. The Kier molecular flexibility index (Phi) is 6.39. The highest BCUT2D eigenvalue weighted by Gasteiger charge is 2.42. The average molecular weight is 426 g/mol. The third-order valence-corrected chi connectivity index (χ3v) is 7.09. The van der Waals surface area contributed by atoms with Crippen molar-refractivity contribution in [3.05, 3.63) is 35.9 Å². The Bertz CT molecular complexity index is 869. The van der Waals surface area contributed by atoms with E-state index < -0.39 is 11.9 Å². The summed E-state index contributed by atoms with van der Waals surface area (Å²) in [5, 5.41) is 5.75. The molecule has 3 aliphatic rings. The van der Waals surface area contributed by atoms with Crippen LogP contribution in [0.2, 0.25) is 0 Å². The Morgan fingerprint density at radius 1 is 1.16 bits per heavy atom. The molecule has 0 spiro atoms. The second kappa shape index (κ2) is 9.20. The van der Waals surface area contributed by atoms with Crippen LogP contribution in [0.3, 0.4) is 0 Å². The maximum absolute atomic E-state index is 12.6. The Balaban J connectivity index is 1.29. The molecule has 2 fully saturated rings. The van der Waals surface area contributed by atoms with Gasteiger partial charge in [0.15, 0.2) is 6.61 Å². The van der Waals surface area contributed by atoms with E-state index in [-0.39, 0.29) is 30.9 Å². The highest BCUT2D eigenvalue weighted by molar-refractivity contribution is 6.02. The maximum atomic E-state index is 12.6. The molecule has 2 amide bonds. The maximum Gasteiger partial charge on any atom is 0.311 e. The van der Waals surface area contributed by atoms with Crippen LogP contribution in [-0.2, 0) is 19.1 Å². The molecule has 0 N–H and O–H groups in total. The van der Waals surface area contributed by atoms with Crippen LogP contribution in [0.4, 0.5) is 0 Å². The summed E-state index contributed by atoms with van der Waals surface area (Å²) < 4.78 is 5.29. The molecule has 1 aromatic rings. The van der Waals surface area contributed by atoms with Crippen LogP contribution < -0.4 is 0 Å². The molecule has 0 radical (unpaired) electrons. The van der Waals surface area contributed by atoms with Gasteiger partial charge in [0, 0.05) is 25.4 Å². The van der Waals surface area contributed by atoms with E-state index in [9.17, 15) is 14.4 Å². The molecular weight excluding hydrogens is 394 g/mol. The highest BCUT2D eigenvalue weighted by Crippen LogP contribution is 2.35. The first kappa shape index (κ1) is 21.5. The topological polar surface area (TPSA) is 79.3 Å². The number of nitrogens with zero attached hydrogens (tertiary/aromatic N) is 3. The fourth-order valence-corrected chi connectivity index (χ4v) is 5.00. The van der Waals surface area contributed by atoms with Crippen molar-refractivity contribution in [2.24, 2.45) is 22.9 Å². The number of carbonyl (C=O) groups excluding carboxylic acids is 3. The molecule has 1 aromatic carbocycles. The number of rotatable bonds is 5. The summed E-state index contributed by atoms with van der Waals surface area (Å²) in [5.41, 5.74) is 1.85. The number of likely N-dealkylation sites (tertiary alicyclic amines) is 1. The Morgan fingerprint density at radius 2 is 1.94 bits per heavy atom. The lowest BCUT2D eigenvalue weighted by Gasteiger charge is -2.39. The number of amides is 2. The number of carbonyl (C=O) groups is 3. The number of ether oxygens (including phenoxy) is 1. The Hall–Kier alpha value is -2.70. The standard InChI is InChI=1S/C24H31N3O4/c1-16-7-6-10-21(17(16)2)26-14-19(13-22(26)28)24(30)31-15-23(29)27-12-11-20(25-27)18-8-4-3-5-9-18/h3-5,8-9,16-17,19,21H,6-7,10-15H2,1-2H3/t16-,17+,19+,21+/m0/s1. The van der Waals surface area contributed by atoms with Gasteiger partial charge in [0.1, 0.15) is 0 Å². The van der Waals surface area contributed by atoms with E-state index in [0.717, 1.165) is 24.1 Å². The van der Waals surface area contributed by atoms with E-state index in [4.69, 9.17) is 4.74 Å². The first-order valence-electron chi connectivity index (χ1n) is 11.3. The minimum absolute atomic E-state index is 0.0240. The molecule has 4 atom stereocenters. The summed E-state index contributed by atoms with van der Waals surface area (Å²) in [6.45, 7) is 4.97. The van der Waals surface area contributed by atoms with E-state index >= 15 is 0 Å². The van der Waals surface area contributed by atoms with Gasteiger partial charge in [-0.1, -0.05) is 57.0 Å². The van der Waals surface area contributed by atoms with Crippen molar-refractivity contribution >= 4 is 23.5 Å². The quantitative estimate of drug-likeness (QED) is 0.680. The van der Waals surface area contributed by atoms with Gasteiger partial charge in [-0.25, -0.2) is 5.01 Å². The van der Waals surface area contributed by atoms with E-state index in [1.165, 1.54) is 11.4 Å². The minimum Gasteiger partial charge on any atom is -0.455 e. The van der Waals surface area contributed by atoms with Crippen molar-refractivity contribution < 1.29 is 19.1 Å². The monoisotopic (exact) mass is 425 g/mol. The van der Waals surface area contributed by atoms with Crippen molar-refractivity contribution in [2.75, 3.05) is 19.7 Å². The summed E-state index contributed by atoms with van der Waals surface area (Å²) >= 11 is 0. The van der Waals surface area contributed by atoms with Gasteiger partial charge >= 0.3 is 5.97 Å². The van der Waals surface area contributed by atoms with Gasteiger partial charge in [0.25, 0.3) is 5.91 Å². The molecule has 0 bridgehead atoms. The molecular formula is C24H31N3O4. The zero-order valence-electron chi connectivity index (χ0n) is 18.3. The van der Waals surface area contributed by atoms with E-state index in [1.807, 2.05) is 35.2 Å². The van der Waals surface area contributed by atoms with Gasteiger partial charge < -0.3 is 9.64 Å². The molecule has 0 aromatic heterocycles. The second-order valence-electron chi connectivity index (χ2n) is 9.07.